The molecule has 1 heterocycles. The molecule has 0 radical (unpaired) electrons. The average molecular weight is 287 g/mol. The molecular weight excluding hydrogens is 265 g/mol. The van der Waals surface area contributed by atoms with Gasteiger partial charge in [0.15, 0.2) is 0 Å². The lowest BCUT2D eigenvalue weighted by molar-refractivity contribution is 0.270. The lowest BCUT2D eigenvalue weighted by Gasteiger charge is -2.38. The Hall–Kier alpha value is -1.68. The Kier molecular flexibility index (Phi) is 3.81. The van der Waals surface area contributed by atoms with Crippen molar-refractivity contribution in [3.8, 4) is 0 Å². The molecule has 1 aromatic carbocycles. The van der Waals surface area contributed by atoms with Crippen LogP contribution in [-0.4, -0.2) is 15.8 Å². The SMILES string of the molecule is Cc1c(C(C)NC2CC(c3cccc(F)c3)C2)cnn1C. The summed E-state index contributed by atoms with van der Waals surface area (Å²) in [5.74, 6) is 0.351. The highest BCUT2D eigenvalue weighted by atomic mass is 19.1. The zero-order valence-electron chi connectivity index (χ0n) is 12.8. The van der Waals surface area contributed by atoms with Gasteiger partial charge in [0.2, 0.25) is 0 Å². The number of hydrogen-bond donors (Lipinski definition) is 1. The summed E-state index contributed by atoms with van der Waals surface area (Å²) in [6.45, 7) is 4.27. The summed E-state index contributed by atoms with van der Waals surface area (Å²) in [5, 5.41) is 7.95. The summed E-state index contributed by atoms with van der Waals surface area (Å²) in [6.07, 6.45) is 4.09. The number of nitrogens with one attached hydrogen (secondary N) is 1. The number of aryl methyl sites for hydroxylation is 1. The molecule has 1 saturated carbocycles. The van der Waals surface area contributed by atoms with Crippen molar-refractivity contribution >= 4 is 0 Å². The van der Waals surface area contributed by atoms with Crippen molar-refractivity contribution in [2.75, 3.05) is 0 Å². The fourth-order valence-corrected chi connectivity index (χ4v) is 3.17. The normalized spacial score (nSPS) is 22.9. The Morgan fingerprint density at radius 1 is 1.38 bits per heavy atom. The van der Waals surface area contributed by atoms with Gasteiger partial charge in [-0.05, 0) is 50.3 Å². The third-order valence-electron chi connectivity index (χ3n) is 4.68. The van der Waals surface area contributed by atoms with Gasteiger partial charge in [-0.15, -0.1) is 0 Å². The Labute approximate surface area is 125 Å². The van der Waals surface area contributed by atoms with Crippen molar-refractivity contribution in [2.24, 2.45) is 7.05 Å². The van der Waals surface area contributed by atoms with Gasteiger partial charge in [-0.3, -0.25) is 4.68 Å². The molecule has 1 aliphatic carbocycles. The van der Waals surface area contributed by atoms with Crippen LogP contribution in [0.5, 0.6) is 0 Å². The van der Waals surface area contributed by atoms with Crippen LogP contribution in [0.4, 0.5) is 4.39 Å². The monoisotopic (exact) mass is 287 g/mol. The maximum absolute atomic E-state index is 13.2. The average Bonchev–Trinajstić information content (AvgIpc) is 2.73. The third-order valence-corrected chi connectivity index (χ3v) is 4.68. The predicted molar refractivity (Wildman–Crippen MR) is 81.7 cm³/mol. The van der Waals surface area contributed by atoms with Gasteiger partial charge in [-0.25, -0.2) is 4.39 Å². The van der Waals surface area contributed by atoms with Crippen LogP contribution in [0.25, 0.3) is 0 Å². The second-order valence-corrected chi connectivity index (χ2v) is 6.12. The fourth-order valence-electron chi connectivity index (χ4n) is 3.17. The summed E-state index contributed by atoms with van der Waals surface area (Å²) in [6, 6.07) is 7.80. The molecule has 1 aliphatic rings. The van der Waals surface area contributed by atoms with Crippen LogP contribution in [0.1, 0.15) is 48.5 Å². The van der Waals surface area contributed by atoms with Crippen molar-refractivity contribution in [3.05, 3.63) is 53.1 Å². The van der Waals surface area contributed by atoms with E-state index in [1.54, 1.807) is 12.1 Å². The van der Waals surface area contributed by atoms with Crippen molar-refractivity contribution in [2.45, 2.75) is 44.7 Å². The molecule has 0 bridgehead atoms. The number of benzene rings is 1. The Morgan fingerprint density at radius 2 is 2.14 bits per heavy atom. The van der Waals surface area contributed by atoms with Crippen molar-refractivity contribution in [1.82, 2.24) is 15.1 Å². The third kappa shape index (κ3) is 2.86. The van der Waals surface area contributed by atoms with Crippen LogP contribution in [0.15, 0.2) is 30.5 Å². The van der Waals surface area contributed by atoms with E-state index in [1.165, 1.54) is 17.3 Å². The van der Waals surface area contributed by atoms with Crippen LogP contribution in [0, 0.1) is 12.7 Å². The Balaban J connectivity index is 1.56. The highest BCUT2D eigenvalue weighted by Crippen LogP contribution is 2.38. The molecule has 2 aromatic rings. The van der Waals surface area contributed by atoms with E-state index in [-0.39, 0.29) is 5.82 Å². The van der Waals surface area contributed by atoms with Crippen LogP contribution >= 0.6 is 0 Å². The van der Waals surface area contributed by atoms with E-state index >= 15 is 0 Å². The van der Waals surface area contributed by atoms with Crippen LogP contribution in [0.2, 0.25) is 0 Å². The molecular formula is C17H22FN3. The summed E-state index contributed by atoms with van der Waals surface area (Å²) in [4.78, 5) is 0. The molecule has 1 atom stereocenters. The number of halogens is 1. The van der Waals surface area contributed by atoms with Gasteiger partial charge in [0, 0.05) is 30.4 Å². The van der Waals surface area contributed by atoms with E-state index in [0.717, 1.165) is 18.4 Å². The molecule has 0 spiro atoms. The van der Waals surface area contributed by atoms with Gasteiger partial charge in [0.25, 0.3) is 0 Å². The van der Waals surface area contributed by atoms with E-state index in [0.29, 0.717) is 18.0 Å². The van der Waals surface area contributed by atoms with Crippen LogP contribution in [-0.2, 0) is 7.05 Å². The summed E-state index contributed by atoms with van der Waals surface area (Å²) in [7, 11) is 1.97. The molecule has 21 heavy (non-hydrogen) atoms. The van der Waals surface area contributed by atoms with Gasteiger partial charge in [0.1, 0.15) is 5.82 Å². The van der Waals surface area contributed by atoms with Gasteiger partial charge < -0.3 is 5.32 Å². The minimum absolute atomic E-state index is 0.136. The van der Waals surface area contributed by atoms with E-state index in [4.69, 9.17) is 0 Å². The molecule has 3 rings (SSSR count). The molecule has 0 saturated heterocycles. The first kappa shape index (κ1) is 14.3. The van der Waals surface area contributed by atoms with Gasteiger partial charge in [-0.1, -0.05) is 12.1 Å². The number of rotatable bonds is 4. The maximum atomic E-state index is 13.2. The van der Waals surface area contributed by atoms with Crippen LogP contribution < -0.4 is 5.32 Å². The summed E-state index contributed by atoms with van der Waals surface area (Å²) < 4.78 is 15.1. The lowest BCUT2D eigenvalue weighted by Crippen LogP contribution is -2.41. The van der Waals surface area contributed by atoms with Crippen molar-refractivity contribution in [1.29, 1.82) is 0 Å². The number of hydrogen-bond acceptors (Lipinski definition) is 2. The number of aromatic nitrogens is 2. The molecule has 1 N–H and O–H groups in total. The molecule has 1 unspecified atom stereocenters. The highest BCUT2D eigenvalue weighted by molar-refractivity contribution is 5.25. The van der Waals surface area contributed by atoms with Gasteiger partial charge in [-0.2, -0.15) is 5.10 Å². The standard InChI is InChI=1S/C17H22FN3/c1-11(17-10-19-21(3)12(17)2)20-16-8-14(9-16)13-5-4-6-15(18)7-13/h4-7,10-11,14,16,20H,8-9H2,1-3H3. The Bertz CT molecular complexity index is 629. The second-order valence-electron chi connectivity index (χ2n) is 6.12. The lowest BCUT2D eigenvalue weighted by atomic mass is 9.75. The topological polar surface area (TPSA) is 29.9 Å². The van der Waals surface area contributed by atoms with E-state index < -0.39 is 0 Å². The fraction of sp³-hybridized carbons (Fsp3) is 0.471. The van der Waals surface area contributed by atoms with E-state index in [9.17, 15) is 4.39 Å². The maximum Gasteiger partial charge on any atom is 0.123 e. The highest BCUT2D eigenvalue weighted by Gasteiger charge is 2.31. The summed E-state index contributed by atoms with van der Waals surface area (Å²) >= 11 is 0. The smallest absolute Gasteiger partial charge is 0.123 e. The first-order valence-electron chi connectivity index (χ1n) is 7.54. The zero-order valence-corrected chi connectivity index (χ0v) is 12.8. The van der Waals surface area contributed by atoms with Gasteiger partial charge in [0.05, 0.1) is 6.20 Å². The van der Waals surface area contributed by atoms with Crippen molar-refractivity contribution < 1.29 is 4.39 Å². The van der Waals surface area contributed by atoms with E-state index in [1.807, 2.05) is 24.0 Å². The molecule has 0 aliphatic heterocycles. The molecule has 3 nitrogen and oxygen atoms in total. The van der Waals surface area contributed by atoms with Gasteiger partial charge >= 0.3 is 0 Å². The number of nitrogens with zero attached hydrogens (tertiary/aromatic N) is 2. The quantitative estimate of drug-likeness (QED) is 0.933. The minimum atomic E-state index is -0.136. The first-order chi connectivity index (χ1) is 10.0. The summed E-state index contributed by atoms with van der Waals surface area (Å²) in [5.41, 5.74) is 3.58. The zero-order chi connectivity index (χ0) is 15.0. The molecule has 0 amide bonds. The minimum Gasteiger partial charge on any atom is -0.307 e. The van der Waals surface area contributed by atoms with E-state index in [2.05, 4.69) is 24.3 Å². The molecule has 4 heteroatoms. The second kappa shape index (κ2) is 5.60. The molecule has 112 valence electrons. The van der Waals surface area contributed by atoms with Crippen molar-refractivity contribution in [3.63, 3.8) is 0 Å². The molecule has 1 aromatic heterocycles. The van der Waals surface area contributed by atoms with Crippen LogP contribution in [0.3, 0.4) is 0 Å². The first-order valence-corrected chi connectivity index (χ1v) is 7.54. The Morgan fingerprint density at radius 3 is 2.76 bits per heavy atom. The predicted octanol–water partition coefficient (Wildman–Crippen LogP) is 3.46. The molecule has 1 fully saturated rings. The largest absolute Gasteiger partial charge is 0.307 e.